The molecule has 2 nitrogen and oxygen atoms in total. The maximum Gasteiger partial charge on any atom is 0.335 e. The minimum absolute atomic E-state index is 0.284. The van der Waals surface area contributed by atoms with Crippen molar-refractivity contribution in [2.45, 2.75) is 0 Å². The Kier molecular flexibility index (Phi) is 2.17. The summed E-state index contributed by atoms with van der Waals surface area (Å²) < 4.78 is 0. The molecule has 0 amide bonds. The van der Waals surface area contributed by atoms with Gasteiger partial charge in [0.25, 0.3) is 0 Å². The summed E-state index contributed by atoms with van der Waals surface area (Å²) in [6.45, 7) is 0.284. The summed E-state index contributed by atoms with van der Waals surface area (Å²) in [6.07, 6.45) is 7.97. The molecule has 0 radical (unpaired) electrons. The van der Waals surface area contributed by atoms with Crippen LogP contribution < -0.4 is 5.59 Å². The topological polar surface area (TPSA) is 16.1 Å². The zero-order valence-corrected chi connectivity index (χ0v) is 7.59. The molecule has 0 unspecified atom stereocenters. The number of rotatable bonds is 1. The molecule has 1 aromatic heterocycles. The fourth-order valence-electron chi connectivity index (χ4n) is 1.44. The van der Waals surface area contributed by atoms with Gasteiger partial charge in [-0.3, -0.25) is 4.98 Å². The molecular weight excluding hydrogens is 159 g/mol. The quantitative estimate of drug-likeness (QED) is 0.580. The van der Waals surface area contributed by atoms with Crippen LogP contribution in [0.3, 0.4) is 0 Å². The predicted octanol–water partition coefficient (Wildman–Crippen LogP) is 0.835. The van der Waals surface area contributed by atoms with Crippen LogP contribution in [-0.4, -0.2) is 23.7 Å². The molecule has 1 aliphatic rings. The van der Waals surface area contributed by atoms with E-state index in [0.717, 1.165) is 5.59 Å². The normalized spacial score (nSPS) is 15.2. The second-order valence-corrected chi connectivity index (χ2v) is 3.09. The average molecular weight is 170 g/mol. The van der Waals surface area contributed by atoms with Gasteiger partial charge < -0.3 is 4.81 Å². The summed E-state index contributed by atoms with van der Waals surface area (Å²) in [5.41, 5.74) is 1.09. The van der Waals surface area contributed by atoms with Crippen molar-refractivity contribution in [2.75, 3.05) is 7.05 Å². The van der Waals surface area contributed by atoms with Crippen molar-refractivity contribution in [2.24, 2.45) is 0 Å². The Balaban J connectivity index is 2.27. The van der Waals surface area contributed by atoms with Gasteiger partial charge in [-0.25, -0.2) is 0 Å². The Labute approximate surface area is 78.7 Å². The van der Waals surface area contributed by atoms with Crippen LogP contribution in [0, 0.1) is 0 Å². The predicted molar refractivity (Wildman–Crippen MR) is 55.7 cm³/mol. The lowest BCUT2D eigenvalue weighted by molar-refractivity contribution is 0.720. The van der Waals surface area contributed by atoms with Crippen LogP contribution in [0.4, 0.5) is 0 Å². The van der Waals surface area contributed by atoms with E-state index in [1.54, 1.807) is 0 Å². The Morgan fingerprint density at radius 2 is 2.23 bits per heavy atom. The number of hydrogen-bond acceptors (Lipinski definition) is 2. The van der Waals surface area contributed by atoms with Crippen LogP contribution in [0.5, 0.6) is 0 Å². The monoisotopic (exact) mass is 170 g/mol. The van der Waals surface area contributed by atoms with Crippen molar-refractivity contribution in [1.82, 2.24) is 9.79 Å². The molecule has 0 aliphatic carbocycles. The molecule has 13 heavy (non-hydrogen) atoms. The molecule has 0 aromatic carbocycles. The highest BCUT2D eigenvalue weighted by atomic mass is 15.0. The molecule has 1 aliphatic heterocycles. The molecule has 0 N–H and O–H groups in total. The van der Waals surface area contributed by atoms with Crippen molar-refractivity contribution >= 4 is 12.4 Å². The van der Waals surface area contributed by atoms with Gasteiger partial charge in [0.05, 0.1) is 0 Å². The van der Waals surface area contributed by atoms with Gasteiger partial charge >= 0.3 is 6.85 Å². The third kappa shape index (κ3) is 1.64. The van der Waals surface area contributed by atoms with Crippen LogP contribution in [0.25, 0.3) is 0 Å². The largest absolute Gasteiger partial charge is 0.415 e. The first-order chi connectivity index (χ1) is 6.38. The number of allylic oxidation sites excluding steroid dienone is 2. The van der Waals surface area contributed by atoms with Gasteiger partial charge in [-0.2, -0.15) is 0 Å². The maximum absolute atomic E-state index is 4.33. The van der Waals surface area contributed by atoms with Gasteiger partial charge in [0.1, 0.15) is 0 Å². The summed E-state index contributed by atoms with van der Waals surface area (Å²) in [5, 5.41) is 0. The molecule has 2 heterocycles. The molecular formula is C10H11BN2. The van der Waals surface area contributed by atoms with Gasteiger partial charge in [0, 0.05) is 11.8 Å². The highest BCUT2D eigenvalue weighted by Gasteiger charge is 2.19. The molecule has 0 saturated heterocycles. The second kappa shape index (κ2) is 3.48. The fourth-order valence-corrected chi connectivity index (χ4v) is 1.44. The molecule has 1 aromatic rings. The number of nitrogens with zero attached hydrogens (tertiary/aromatic N) is 2. The van der Waals surface area contributed by atoms with Crippen molar-refractivity contribution < 1.29 is 0 Å². The van der Waals surface area contributed by atoms with E-state index in [0.29, 0.717) is 0 Å². The van der Waals surface area contributed by atoms with Gasteiger partial charge in [0.15, 0.2) is 0 Å². The summed E-state index contributed by atoms with van der Waals surface area (Å²) in [6, 6.07) is 6.00. The average Bonchev–Trinajstić information content (AvgIpc) is 2.20. The van der Waals surface area contributed by atoms with E-state index >= 15 is 0 Å². The molecule has 2 rings (SSSR count). The smallest absolute Gasteiger partial charge is 0.335 e. The van der Waals surface area contributed by atoms with Crippen LogP contribution in [0.1, 0.15) is 0 Å². The molecule has 0 fully saturated rings. The van der Waals surface area contributed by atoms with Crippen molar-refractivity contribution in [1.29, 1.82) is 0 Å². The SMILES string of the molecule is CN1C=CC=CB1c1ccccn1. The Morgan fingerprint density at radius 1 is 1.31 bits per heavy atom. The van der Waals surface area contributed by atoms with E-state index in [4.69, 9.17) is 0 Å². The molecule has 0 spiro atoms. The summed E-state index contributed by atoms with van der Waals surface area (Å²) >= 11 is 0. The van der Waals surface area contributed by atoms with Crippen LogP contribution in [0.2, 0.25) is 0 Å². The Bertz CT molecular complexity index is 332. The van der Waals surface area contributed by atoms with E-state index in [1.807, 2.05) is 30.5 Å². The third-order valence-corrected chi connectivity index (χ3v) is 2.16. The van der Waals surface area contributed by atoms with Crippen molar-refractivity contribution in [3.63, 3.8) is 0 Å². The van der Waals surface area contributed by atoms with Gasteiger partial charge in [0.2, 0.25) is 0 Å². The van der Waals surface area contributed by atoms with E-state index < -0.39 is 0 Å². The molecule has 0 bridgehead atoms. The lowest BCUT2D eigenvalue weighted by Gasteiger charge is -2.22. The van der Waals surface area contributed by atoms with Crippen LogP contribution in [0.15, 0.2) is 48.7 Å². The first-order valence-electron chi connectivity index (χ1n) is 4.36. The number of pyridine rings is 1. The third-order valence-electron chi connectivity index (χ3n) is 2.16. The minimum Gasteiger partial charge on any atom is -0.415 e. The lowest BCUT2D eigenvalue weighted by atomic mass is 9.56. The van der Waals surface area contributed by atoms with Crippen molar-refractivity contribution in [3.8, 4) is 0 Å². The molecule has 0 saturated carbocycles. The summed E-state index contributed by atoms with van der Waals surface area (Å²) in [4.78, 5) is 6.47. The first kappa shape index (κ1) is 8.11. The van der Waals surface area contributed by atoms with Crippen molar-refractivity contribution in [3.05, 3.63) is 48.7 Å². The highest BCUT2D eigenvalue weighted by Crippen LogP contribution is 2.00. The summed E-state index contributed by atoms with van der Waals surface area (Å²) in [7, 11) is 2.05. The standard InChI is InChI=1S/C10H11BN2/c1-13-9-5-3-7-11(13)10-6-2-4-8-12-10/h2-9H,1H3. The minimum atomic E-state index is 0.284. The van der Waals surface area contributed by atoms with E-state index in [2.05, 4.69) is 35.1 Å². The van der Waals surface area contributed by atoms with Gasteiger partial charge in [-0.05, 0) is 31.5 Å². The van der Waals surface area contributed by atoms with Gasteiger partial charge in [-0.15, -0.1) is 0 Å². The zero-order valence-electron chi connectivity index (χ0n) is 7.59. The van der Waals surface area contributed by atoms with Gasteiger partial charge in [-0.1, -0.05) is 18.1 Å². The van der Waals surface area contributed by atoms with E-state index in [9.17, 15) is 0 Å². The first-order valence-corrected chi connectivity index (χ1v) is 4.36. The maximum atomic E-state index is 4.33. The Hall–Kier alpha value is -1.51. The Morgan fingerprint density at radius 3 is 2.92 bits per heavy atom. The molecule has 0 atom stereocenters. The second-order valence-electron chi connectivity index (χ2n) is 3.09. The fraction of sp³-hybridized carbons (Fsp3) is 0.100. The van der Waals surface area contributed by atoms with E-state index in [1.165, 1.54) is 0 Å². The number of aromatic nitrogens is 1. The van der Waals surface area contributed by atoms with E-state index in [-0.39, 0.29) is 6.85 Å². The lowest BCUT2D eigenvalue weighted by Crippen LogP contribution is -2.44. The molecule has 3 heteroatoms. The highest BCUT2D eigenvalue weighted by molar-refractivity contribution is 6.74. The number of hydrogen-bond donors (Lipinski definition) is 0. The zero-order chi connectivity index (χ0) is 9.10. The summed E-state index contributed by atoms with van der Waals surface area (Å²) in [5.74, 6) is 2.14. The molecule has 64 valence electrons. The van der Waals surface area contributed by atoms with Crippen LogP contribution in [-0.2, 0) is 0 Å². The van der Waals surface area contributed by atoms with Crippen LogP contribution >= 0.6 is 0 Å².